The highest BCUT2D eigenvalue weighted by Crippen LogP contribution is 2.23. The van der Waals surface area contributed by atoms with E-state index in [0.29, 0.717) is 0 Å². The number of nitrogens with zero attached hydrogens (tertiary/aromatic N) is 3. The Labute approximate surface area is 183 Å². The Kier molecular flexibility index (Phi) is 7.57. The average Bonchev–Trinajstić information content (AvgIpc) is 2.96. The van der Waals surface area contributed by atoms with Crippen LogP contribution >= 0.6 is 0 Å². The summed E-state index contributed by atoms with van der Waals surface area (Å²) in [6.45, 7) is 10.8. The molecule has 162 valence electrons. The number of hydrogen-bond donors (Lipinski definition) is 0. The van der Waals surface area contributed by atoms with Crippen LogP contribution in [-0.2, 0) is 19.3 Å². The van der Waals surface area contributed by atoms with Gasteiger partial charge in [-0.2, -0.15) is 0 Å². The smallest absolute Gasteiger partial charge is 0.0270 e. The molecule has 1 aromatic heterocycles. The molecular weight excluding hydrogens is 366 g/mol. The Hall–Kier alpha value is -1.71. The quantitative estimate of drug-likeness (QED) is 0.648. The van der Waals surface area contributed by atoms with E-state index in [9.17, 15) is 0 Å². The van der Waals surface area contributed by atoms with Crippen LogP contribution in [0.2, 0.25) is 0 Å². The zero-order chi connectivity index (χ0) is 20.8. The summed E-state index contributed by atoms with van der Waals surface area (Å²) < 4.78 is 0. The van der Waals surface area contributed by atoms with E-state index in [1.165, 1.54) is 101 Å². The van der Waals surface area contributed by atoms with Crippen molar-refractivity contribution in [2.75, 3.05) is 32.7 Å². The van der Waals surface area contributed by atoms with Crippen LogP contribution in [0.1, 0.15) is 59.9 Å². The second-order valence-corrected chi connectivity index (χ2v) is 9.48. The minimum atomic E-state index is 0.784. The first-order chi connectivity index (χ1) is 14.7. The molecule has 30 heavy (non-hydrogen) atoms. The highest BCUT2D eigenvalue weighted by atomic mass is 15.2. The predicted octanol–water partition coefficient (Wildman–Crippen LogP) is 4.98. The van der Waals surface area contributed by atoms with Crippen LogP contribution in [0.3, 0.4) is 0 Å². The first-order valence-corrected chi connectivity index (χ1v) is 12.1. The Balaban J connectivity index is 1.25. The molecule has 2 aliphatic rings. The summed E-state index contributed by atoms with van der Waals surface area (Å²) in [5.41, 5.74) is 7.51. The van der Waals surface area contributed by atoms with Crippen molar-refractivity contribution >= 4 is 0 Å². The Morgan fingerprint density at radius 3 is 2.30 bits per heavy atom. The van der Waals surface area contributed by atoms with Gasteiger partial charge in [0.2, 0.25) is 0 Å². The lowest BCUT2D eigenvalue weighted by Gasteiger charge is -2.37. The highest BCUT2D eigenvalue weighted by molar-refractivity contribution is 5.38. The molecule has 0 amide bonds. The summed E-state index contributed by atoms with van der Waals surface area (Å²) in [5, 5.41) is 0. The number of benzene rings is 1. The SMILES string of the molecule is Cc1cc2c(cc1C)CCN(CCC1CCCCN1CCCc1ccncc1)CC2. The molecule has 2 aromatic rings. The van der Waals surface area contributed by atoms with Crippen LogP contribution in [0.5, 0.6) is 0 Å². The van der Waals surface area contributed by atoms with Gasteiger partial charge in [0, 0.05) is 31.5 Å². The third-order valence-electron chi connectivity index (χ3n) is 7.40. The first kappa shape index (κ1) is 21.5. The molecule has 3 nitrogen and oxygen atoms in total. The Bertz CT molecular complexity index is 768. The average molecular weight is 406 g/mol. The van der Waals surface area contributed by atoms with Crippen LogP contribution < -0.4 is 0 Å². The van der Waals surface area contributed by atoms with E-state index < -0.39 is 0 Å². The van der Waals surface area contributed by atoms with Crippen LogP contribution in [0.25, 0.3) is 0 Å². The van der Waals surface area contributed by atoms with Crippen LogP contribution in [0.15, 0.2) is 36.7 Å². The molecule has 0 spiro atoms. The van der Waals surface area contributed by atoms with E-state index in [4.69, 9.17) is 0 Å². The normalized spacial score (nSPS) is 20.7. The number of aryl methyl sites for hydroxylation is 3. The minimum absolute atomic E-state index is 0.784. The van der Waals surface area contributed by atoms with Gasteiger partial charge in [0.1, 0.15) is 0 Å². The molecular formula is C27H39N3. The number of rotatable bonds is 7. The number of aromatic nitrogens is 1. The number of pyridine rings is 1. The molecule has 0 bridgehead atoms. The summed E-state index contributed by atoms with van der Waals surface area (Å²) in [6.07, 6.45) is 14.2. The fourth-order valence-corrected chi connectivity index (χ4v) is 5.34. The van der Waals surface area contributed by atoms with E-state index in [1.54, 1.807) is 11.1 Å². The molecule has 1 atom stereocenters. The van der Waals surface area contributed by atoms with Crippen molar-refractivity contribution in [3.05, 3.63) is 64.5 Å². The number of piperidine rings is 1. The Morgan fingerprint density at radius 1 is 0.900 bits per heavy atom. The molecule has 0 N–H and O–H groups in total. The minimum Gasteiger partial charge on any atom is -0.303 e. The largest absolute Gasteiger partial charge is 0.303 e. The zero-order valence-electron chi connectivity index (χ0n) is 19.1. The van der Waals surface area contributed by atoms with Crippen molar-refractivity contribution in [3.63, 3.8) is 0 Å². The molecule has 1 aromatic carbocycles. The molecule has 4 rings (SSSR count). The van der Waals surface area contributed by atoms with Gasteiger partial charge in [0.15, 0.2) is 0 Å². The van der Waals surface area contributed by atoms with Crippen molar-refractivity contribution in [2.24, 2.45) is 0 Å². The van der Waals surface area contributed by atoms with E-state index in [0.717, 1.165) is 6.04 Å². The molecule has 3 heterocycles. The third kappa shape index (κ3) is 5.70. The van der Waals surface area contributed by atoms with Crippen molar-refractivity contribution in [1.82, 2.24) is 14.8 Å². The van der Waals surface area contributed by atoms with E-state index in [1.807, 2.05) is 12.4 Å². The molecule has 1 unspecified atom stereocenters. The second kappa shape index (κ2) is 10.5. The highest BCUT2D eigenvalue weighted by Gasteiger charge is 2.23. The van der Waals surface area contributed by atoms with Crippen molar-refractivity contribution in [1.29, 1.82) is 0 Å². The fourth-order valence-electron chi connectivity index (χ4n) is 5.34. The van der Waals surface area contributed by atoms with E-state index in [2.05, 4.69) is 52.9 Å². The number of fused-ring (bicyclic) bond motifs is 1. The van der Waals surface area contributed by atoms with Gasteiger partial charge in [-0.15, -0.1) is 0 Å². The lowest BCUT2D eigenvalue weighted by molar-refractivity contribution is 0.124. The number of likely N-dealkylation sites (tertiary alicyclic amines) is 1. The van der Waals surface area contributed by atoms with Gasteiger partial charge in [0.05, 0.1) is 0 Å². The van der Waals surface area contributed by atoms with Gasteiger partial charge in [-0.3, -0.25) is 4.98 Å². The van der Waals surface area contributed by atoms with Gasteiger partial charge in [-0.05, 0) is 118 Å². The monoisotopic (exact) mass is 405 g/mol. The maximum atomic E-state index is 4.14. The lowest BCUT2D eigenvalue weighted by Crippen LogP contribution is -2.42. The molecule has 2 aliphatic heterocycles. The summed E-state index contributed by atoms with van der Waals surface area (Å²) in [5.74, 6) is 0. The van der Waals surface area contributed by atoms with Crippen LogP contribution in [0.4, 0.5) is 0 Å². The zero-order valence-corrected chi connectivity index (χ0v) is 19.1. The van der Waals surface area contributed by atoms with Crippen LogP contribution in [0, 0.1) is 13.8 Å². The maximum Gasteiger partial charge on any atom is 0.0270 e. The predicted molar refractivity (Wildman–Crippen MR) is 126 cm³/mol. The van der Waals surface area contributed by atoms with Gasteiger partial charge in [-0.1, -0.05) is 18.6 Å². The summed E-state index contributed by atoms with van der Waals surface area (Å²) in [6, 6.07) is 9.99. The first-order valence-electron chi connectivity index (χ1n) is 12.1. The standard InChI is InChI=1S/C27H39N3/c1-22-20-25-10-17-29(18-11-26(25)21-23(22)2)19-12-27-7-3-4-15-30(27)16-5-6-24-8-13-28-14-9-24/h8-9,13-14,20-21,27H,3-7,10-12,15-19H2,1-2H3. The lowest BCUT2D eigenvalue weighted by atomic mass is 9.97. The second-order valence-electron chi connectivity index (χ2n) is 9.48. The van der Waals surface area contributed by atoms with E-state index >= 15 is 0 Å². The van der Waals surface area contributed by atoms with Gasteiger partial charge in [0.25, 0.3) is 0 Å². The van der Waals surface area contributed by atoms with Gasteiger partial charge in [-0.25, -0.2) is 0 Å². The van der Waals surface area contributed by atoms with Crippen molar-refractivity contribution in [3.8, 4) is 0 Å². The van der Waals surface area contributed by atoms with Gasteiger partial charge < -0.3 is 9.80 Å². The topological polar surface area (TPSA) is 19.4 Å². The Morgan fingerprint density at radius 2 is 1.60 bits per heavy atom. The molecule has 3 heteroatoms. The van der Waals surface area contributed by atoms with Crippen LogP contribution in [-0.4, -0.2) is 53.5 Å². The van der Waals surface area contributed by atoms with Crippen molar-refractivity contribution < 1.29 is 0 Å². The summed E-state index contributed by atoms with van der Waals surface area (Å²) in [7, 11) is 0. The number of hydrogen-bond acceptors (Lipinski definition) is 3. The summed E-state index contributed by atoms with van der Waals surface area (Å²) in [4.78, 5) is 9.66. The fraction of sp³-hybridized carbons (Fsp3) is 0.593. The molecule has 1 fully saturated rings. The molecule has 1 saturated heterocycles. The maximum absolute atomic E-state index is 4.14. The third-order valence-corrected chi connectivity index (χ3v) is 7.40. The molecule has 0 aliphatic carbocycles. The van der Waals surface area contributed by atoms with Gasteiger partial charge >= 0.3 is 0 Å². The molecule has 0 saturated carbocycles. The summed E-state index contributed by atoms with van der Waals surface area (Å²) >= 11 is 0. The molecule has 0 radical (unpaired) electrons. The van der Waals surface area contributed by atoms with Crippen molar-refractivity contribution in [2.45, 2.75) is 71.3 Å². The van der Waals surface area contributed by atoms with E-state index in [-0.39, 0.29) is 0 Å².